The zero-order chi connectivity index (χ0) is 11.8. The predicted octanol–water partition coefficient (Wildman–Crippen LogP) is 2.70. The van der Waals surface area contributed by atoms with Crippen molar-refractivity contribution in [3.63, 3.8) is 0 Å². The fourth-order valence-corrected chi connectivity index (χ4v) is 3.21. The van der Waals surface area contributed by atoms with Gasteiger partial charge in [0.2, 0.25) is 0 Å². The van der Waals surface area contributed by atoms with Crippen LogP contribution in [0.1, 0.15) is 0 Å². The summed E-state index contributed by atoms with van der Waals surface area (Å²) < 4.78 is 4.48. The van der Waals surface area contributed by atoms with Gasteiger partial charge in [-0.05, 0) is 36.8 Å². The number of hydrogen-bond donors (Lipinski definition) is 0. The zero-order valence-corrected chi connectivity index (χ0v) is 11.3. The first-order valence-electron chi connectivity index (χ1n) is 5.72. The summed E-state index contributed by atoms with van der Waals surface area (Å²) in [7, 11) is 2.17. The van der Waals surface area contributed by atoms with E-state index in [4.69, 9.17) is 11.6 Å². The Hall–Kier alpha value is -0.840. The van der Waals surface area contributed by atoms with Crippen molar-refractivity contribution in [1.82, 2.24) is 9.27 Å². The number of hydrogen-bond acceptors (Lipinski definition) is 4. The van der Waals surface area contributed by atoms with Gasteiger partial charge in [0.05, 0.1) is 5.52 Å². The third-order valence-electron chi connectivity index (χ3n) is 3.21. The van der Waals surface area contributed by atoms with Crippen molar-refractivity contribution in [3.8, 4) is 0 Å². The molecule has 0 amide bonds. The maximum atomic E-state index is 5.98. The lowest BCUT2D eigenvalue weighted by Gasteiger charge is -2.32. The number of rotatable bonds is 1. The number of benzene rings is 1. The topological polar surface area (TPSA) is 19.4 Å². The second-order valence-electron chi connectivity index (χ2n) is 4.44. The molecule has 5 heteroatoms. The molecule has 3 nitrogen and oxygen atoms in total. The molecule has 17 heavy (non-hydrogen) atoms. The summed E-state index contributed by atoms with van der Waals surface area (Å²) in [5.74, 6) is 0. The highest BCUT2D eigenvalue weighted by molar-refractivity contribution is 7.11. The Morgan fingerprint density at radius 1 is 1.24 bits per heavy atom. The molecule has 0 unspecified atom stereocenters. The molecule has 1 aliphatic rings. The molecule has 2 heterocycles. The number of piperazine rings is 1. The van der Waals surface area contributed by atoms with E-state index >= 15 is 0 Å². The SMILES string of the molecule is CN1CCN(c2snc3cc(Cl)ccc23)CC1. The average Bonchev–Trinajstić information content (AvgIpc) is 2.73. The Labute approximate surface area is 110 Å². The summed E-state index contributed by atoms with van der Waals surface area (Å²) in [5.41, 5.74) is 1.01. The largest absolute Gasteiger partial charge is 0.359 e. The first kappa shape index (κ1) is 11.3. The van der Waals surface area contributed by atoms with E-state index in [1.54, 1.807) is 11.5 Å². The minimum Gasteiger partial charge on any atom is -0.359 e. The molecular weight excluding hydrogens is 254 g/mol. The van der Waals surface area contributed by atoms with Crippen LogP contribution in [0, 0.1) is 0 Å². The van der Waals surface area contributed by atoms with Gasteiger partial charge in [0.15, 0.2) is 0 Å². The molecule has 1 aromatic heterocycles. The molecule has 0 aliphatic carbocycles. The molecule has 1 saturated heterocycles. The first-order chi connectivity index (χ1) is 8.24. The normalized spacial score (nSPS) is 17.9. The fourth-order valence-electron chi connectivity index (χ4n) is 2.14. The summed E-state index contributed by atoms with van der Waals surface area (Å²) in [5, 5.41) is 3.27. The van der Waals surface area contributed by atoms with E-state index in [2.05, 4.69) is 27.3 Å². The van der Waals surface area contributed by atoms with Gasteiger partial charge in [0.25, 0.3) is 0 Å². The molecule has 90 valence electrons. The molecule has 0 atom stereocenters. The number of anilines is 1. The lowest BCUT2D eigenvalue weighted by atomic mass is 10.2. The van der Waals surface area contributed by atoms with E-state index in [1.165, 1.54) is 10.4 Å². The van der Waals surface area contributed by atoms with E-state index in [0.29, 0.717) is 0 Å². The van der Waals surface area contributed by atoms with Crippen LogP contribution in [0.2, 0.25) is 5.02 Å². The maximum Gasteiger partial charge on any atom is 0.120 e. The van der Waals surface area contributed by atoms with Gasteiger partial charge in [0.1, 0.15) is 5.00 Å². The molecule has 0 spiro atoms. The van der Waals surface area contributed by atoms with Gasteiger partial charge in [-0.25, -0.2) is 0 Å². The van der Waals surface area contributed by atoms with Gasteiger partial charge in [-0.1, -0.05) is 11.6 Å². The molecule has 0 N–H and O–H groups in total. The highest BCUT2D eigenvalue weighted by Gasteiger charge is 2.18. The summed E-state index contributed by atoms with van der Waals surface area (Å²) in [6.07, 6.45) is 0. The van der Waals surface area contributed by atoms with Crippen molar-refractivity contribution >= 4 is 39.0 Å². The molecule has 3 rings (SSSR count). The highest BCUT2D eigenvalue weighted by Crippen LogP contribution is 2.33. The minimum absolute atomic E-state index is 0.757. The van der Waals surface area contributed by atoms with Crippen molar-refractivity contribution in [1.29, 1.82) is 0 Å². The number of aromatic nitrogens is 1. The van der Waals surface area contributed by atoms with Gasteiger partial charge in [-0.2, -0.15) is 4.37 Å². The lowest BCUT2D eigenvalue weighted by Crippen LogP contribution is -2.44. The Morgan fingerprint density at radius 2 is 2.00 bits per heavy atom. The van der Waals surface area contributed by atoms with Crippen LogP contribution in [-0.4, -0.2) is 42.5 Å². The van der Waals surface area contributed by atoms with Crippen LogP contribution < -0.4 is 4.90 Å². The zero-order valence-electron chi connectivity index (χ0n) is 9.69. The van der Waals surface area contributed by atoms with Crippen molar-refractivity contribution in [2.75, 3.05) is 38.1 Å². The van der Waals surface area contributed by atoms with Crippen LogP contribution >= 0.6 is 23.1 Å². The number of fused-ring (bicyclic) bond motifs is 1. The second kappa shape index (κ2) is 4.44. The Kier molecular flexibility index (Phi) is 2.94. The third kappa shape index (κ3) is 2.12. The van der Waals surface area contributed by atoms with E-state index in [0.717, 1.165) is 36.7 Å². The molecule has 1 fully saturated rings. The van der Waals surface area contributed by atoms with Crippen LogP contribution in [0.25, 0.3) is 10.9 Å². The highest BCUT2D eigenvalue weighted by atomic mass is 35.5. The van der Waals surface area contributed by atoms with Crippen LogP contribution in [0.3, 0.4) is 0 Å². The standard InChI is InChI=1S/C12H14ClN3S/c1-15-4-6-16(7-5-15)12-10-3-2-9(13)8-11(10)14-17-12/h2-3,8H,4-7H2,1H3. The molecular formula is C12H14ClN3S. The van der Waals surface area contributed by atoms with Crippen molar-refractivity contribution in [3.05, 3.63) is 23.2 Å². The molecule has 0 bridgehead atoms. The monoisotopic (exact) mass is 267 g/mol. The van der Waals surface area contributed by atoms with Crippen LogP contribution in [0.4, 0.5) is 5.00 Å². The molecule has 1 aliphatic heterocycles. The predicted molar refractivity (Wildman–Crippen MR) is 74.3 cm³/mol. The van der Waals surface area contributed by atoms with Crippen LogP contribution in [-0.2, 0) is 0 Å². The quantitative estimate of drug-likeness (QED) is 0.792. The Bertz CT molecular complexity index is 532. The Morgan fingerprint density at radius 3 is 2.76 bits per heavy atom. The van der Waals surface area contributed by atoms with E-state index < -0.39 is 0 Å². The van der Waals surface area contributed by atoms with Gasteiger partial charge >= 0.3 is 0 Å². The van der Waals surface area contributed by atoms with Gasteiger partial charge in [0, 0.05) is 36.6 Å². The van der Waals surface area contributed by atoms with Crippen LogP contribution in [0.15, 0.2) is 18.2 Å². The summed E-state index contributed by atoms with van der Waals surface area (Å²) in [6.45, 7) is 4.40. The minimum atomic E-state index is 0.757. The Balaban J connectivity index is 1.95. The average molecular weight is 268 g/mol. The van der Waals surface area contributed by atoms with E-state index in [-0.39, 0.29) is 0 Å². The summed E-state index contributed by atoms with van der Waals surface area (Å²) in [6, 6.07) is 5.96. The summed E-state index contributed by atoms with van der Waals surface area (Å²) >= 11 is 7.56. The molecule has 0 saturated carbocycles. The first-order valence-corrected chi connectivity index (χ1v) is 6.87. The van der Waals surface area contributed by atoms with Gasteiger partial charge in [-0.15, -0.1) is 0 Å². The molecule has 1 aromatic carbocycles. The maximum absolute atomic E-state index is 5.98. The van der Waals surface area contributed by atoms with E-state index in [9.17, 15) is 0 Å². The number of likely N-dealkylation sites (N-methyl/N-ethyl adjacent to an activating group) is 1. The fraction of sp³-hybridized carbons (Fsp3) is 0.417. The second-order valence-corrected chi connectivity index (χ2v) is 5.63. The number of nitrogens with zero attached hydrogens (tertiary/aromatic N) is 3. The number of halogens is 1. The van der Waals surface area contributed by atoms with Crippen molar-refractivity contribution < 1.29 is 0 Å². The van der Waals surface area contributed by atoms with Crippen LogP contribution in [0.5, 0.6) is 0 Å². The third-order valence-corrected chi connectivity index (χ3v) is 4.39. The van der Waals surface area contributed by atoms with Gasteiger partial charge < -0.3 is 9.80 Å². The van der Waals surface area contributed by atoms with E-state index in [1.807, 2.05) is 12.1 Å². The van der Waals surface area contributed by atoms with Gasteiger partial charge in [-0.3, -0.25) is 0 Å². The molecule has 0 radical (unpaired) electrons. The van der Waals surface area contributed by atoms with Crippen molar-refractivity contribution in [2.24, 2.45) is 0 Å². The smallest absolute Gasteiger partial charge is 0.120 e. The lowest BCUT2D eigenvalue weighted by molar-refractivity contribution is 0.313. The summed E-state index contributed by atoms with van der Waals surface area (Å²) in [4.78, 5) is 4.78. The van der Waals surface area contributed by atoms with Crippen molar-refractivity contribution in [2.45, 2.75) is 0 Å². The molecule has 2 aromatic rings.